The second-order valence-electron chi connectivity index (χ2n) is 11.1. The van der Waals surface area contributed by atoms with Crippen LogP contribution in [0.3, 0.4) is 0 Å². The van der Waals surface area contributed by atoms with Crippen LogP contribution < -0.4 is 5.32 Å². The third kappa shape index (κ3) is 5.07. The van der Waals surface area contributed by atoms with Crippen LogP contribution in [-0.2, 0) is 18.3 Å². The van der Waals surface area contributed by atoms with E-state index in [0.29, 0.717) is 35.2 Å². The Morgan fingerprint density at radius 3 is 2.69 bits per heavy atom. The number of carbonyl (C=O) groups is 2. The SMILES string of the molecule is CCn1c(-c2nc3cc(C(=O)N4CCCC(NC(=O)OC(C)(C)C)C4)cc(C#N)c3n2C)cc2ccccc21. The number of aryl methyl sites for hydroxylation is 2. The van der Waals surface area contributed by atoms with Crippen molar-refractivity contribution in [3.05, 3.63) is 53.6 Å². The van der Waals surface area contributed by atoms with E-state index in [-0.39, 0.29) is 11.9 Å². The Morgan fingerprint density at radius 1 is 1.21 bits per heavy atom. The smallest absolute Gasteiger partial charge is 0.407 e. The maximum atomic E-state index is 13.6. The van der Waals surface area contributed by atoms with Crippen molar-refractivity contribution in [2.75, 3.05) is 13.1 Å². The second kappa shape index (κ2) is 10.1. The minimum atomic E-state index is -0.593. The zero-order valence-electron chi connectivity index (χ0n) is 23.1. The number of hydrogen-bond acceptors (Lipinski definition) is 5. The molecular formula is C30H34N6O3. The van der Waals surface area contributed by atoms with Crippen LogP contribution in [0, 0.1) is 11.3 Å². The van der Waals surface area contributed by atoms with Crippen LogP contribution in [0.4, 0.5) is 4.79 Å². The van der Waals surface area contributed by atoms with Crippen molar-refractivity contribution in [3.8, 4) is 17.6 Å². The molecule has 2 amide bonds. The molecule has 0 saturated carbocycles. The Labute approximate surface area is 228 Å². The van der Waals surface area contributed by atoms with Crippen LogP contribution in [0.1, 0.15) is 56.5 Å². The number of likely N-dealkylation sites (tertiary alicyclic amines) is 1. The molecule has 0 bridgehead atoms. The summed E-state index contributed by atoms with van der Waals surface area (Å²) in [5.74, 6) is 0.558. The second-order valence-corrected chi connectivity index (χ2v) is 11.1. The van der Waals surface area contributed by atoms with Gasteiger partial charge in [0.2, 0.25) is 0 Å². The summed E-state index contributed by atoms with van der Waals surface area (Å²) in [5.41, 5.74) is 3.60. The molecule has 4 aromatic rings. The van der Waals surface area contributed by atoms with Gasteiger partial charge in [-0.2, -0.15) is 5.26 Å². The molecule has 0 aliphatic carbocycles. The predicted octanol–water partition coefficient (Wildman–Crippen LogP) is 5.22. The van der Waals surface area contributed by atoms with Crippen molar-refractivity contribution in [2.45, 2.75) is 58.7 Å². The number of ether oxygens (including phenoxy) is 1. The summed E-state index contributed by atoms with van der Waals surface area (Å²) in [6.45, 7) is 9.27. The van der Waals surface area contributed by atoms with Gasteiger partial charge in [-0.25, -0.2) is 9.78 Å². The number of nitrogens with one attached hydrogen (secondary N) is 1. The first-order valence-electron chi connectivity index (χ1n) is 13.4. The quantitative estimate of drug-likeness (QED) is 0.393. The van der Waals surface area contributed by atoms with E-state index in [1.807, 2.05) is 44.5 Å². The van der Waals surface area contributed by atoms with Crippen molar-refractivity contribution in [2.24, 2.45) is 7.05 Å². The third-order valence-corrected chi connectivity index (χ3v) is 7.12. The molecule has 2 aromatic heterocycles. The van der Waals surface area contributed by atoms with E-state index in [1.165, 1.54) is 0 Å². The summed E-state index contributed by atoms with van der Waals surface area (Å²) in [6, 6.07) is 15.8. The number of imidazole rings is 1. The maximum Gasteiger partial charge on any atom is 0.407 e. The molecule has 202 valence electrons. The Bertz CT molecular complexity index is 1620. The van der Waals surface area contributed by atoms with E-state index in [4.69, 9.17) is 9.72 Å². The fourth-order valence-corrected chi connectivity index (χ4v) is 5.46. The van der Waals surface area contributed by atoms with E-state index < -0.39 is 11.7 Å². The van der Waals surface area contributed by atoms with Crippen LogP contribution >= 0.6 is 0 Å². The van der Waals surface area contributed by atoms with E-state index in [0.717, 1.165) is 41.8 Å². The minimum absolute atomic E-state index is 0.182. The normalized spacial score (nSPS) is 15.9. The number of nitriles is 1. The lowest BCUT2D eigenvalue weighted by Gasteiger charge is -2.33. The summed E-state index contributed by atoms with van der Waals surface area (Å²) < 4.78 is 9.53. The number of fused-ring (bicyclic) bond motifs is 2. The molecule has 1 unspecified atom stereocenters. The Balaban J connectivity index is 1.46. The average molecular weight is 527 g/mol. The zero-order chi connectivity index (χ0) is 27.9. The fraction of sp³-hybridized carbons (Fsp3) is 0.400. The summed E-state index contributed by atoms with van der Waals surface area (Å²) in [6.07, 6.45) is 1.04. The van der Waals surface area contributed by atoms with E-state index in [9.17, 15) is 14.9 Å². The molecule has 9 nitrogen and oxygen atoms in total. The highest BCUT2D eigenvalue weighted by atomic mass is 16.6. The maximum absolute atomic E-state index is 13.6. The molecule has 9 heteroatoms. The lowest BCUT2D eigenvalue weighted by atomic mass is 10.0. The molecule has 5 rings (SSSR count). The average Bonchev–Trinajstić information content (AvgIpc) is 3.43. The molecular weight excluding hydrogens is 492 g/mol. The molecule has 0 spiro atoms. The van der Waals surface area contributed by atoms with Crippen LogP contribution in [0.5, 0.6) is 0 Å². The van der Waals surface area contributed by atoms with Gasteiger partial charge in [-0.1, -0.05) is 18.2 Å². The Morgan fingerprint density at radius 2 is 1.97 bits per heavy atom. The lowest BCUT2D eigenvalue weighted by molar-refractivity contribution is 0.0452. The Hall–Kier alpha value is -4.32. The van der Waals surface area contributed by atoms with Gasteiger partial charge < -0.3 is 24.1 Å². The van der Waals surface area contributed by atoms with Gasteiger partial charge in [-0.15, -0.1) is 0 Å². The van der Waals surface area contributed by atoms with Gasteiger partial charge in [0, 0.05) is 49.2 Å². The minimum Gasteiger partial charge on any atom is -0.444 e. The number of piperidine rings is 1. The molecule has 1 N–H and O–H groups in total. The molecule has 1 saturated heterocycles. The van der Waals surface area contributed by atoms with Gasteiger partial charge in [0.05, 0.1) is 22.3 Å². The van der Waals surface area contributed by atoms with Gasteiger partial charge >= 0.3 is 6.09 Å². The summed E-state index contributed by atoms with van der Waals surface area (Å²) in [5, 5.41) is 14.0. The highest BCUT2D eigenvalue weighted by Crippen LogP contribution is 2.32. The third-order valence-electron chi connectivity index (χ3n) is 7.12. The Kier molecular flexibility index (Phi) is 6.81. The first-order valence-corrected chi connectivity index (χ1v) is 13.4. The van der Waals surface area contributed by atoms with Gasteiger partial charge in [0.15, 0.2) is 5.82 Å². The van der Waals surface area contributed by atoms with Crippen LogP contribution in [0.15, 0.2) is 42.5 Å². The number of para-hydroxylation sites is 1. The van der Waals surface area contributed by atoms with Gasteiger partial charge in [-0.3, -0.25) is 4.79 Å². The topological polar surface area (TPSA) is 105 Å². The number of nitrogens with zero attached hydrogens (tertiary/aromatic N) is 5. The molecule has 1 fully saturated rings. The number of alkyl carbamates (subject to hydrolysis) is 1. The van der Waals surface area contributed by atoms with Crippen molar-refractivity contribution in [1.29, 1.82) is 5.26 Å². The molecule has 0 radical (unpaired) electrons. The number of hydrogen-bond donors (Lipinski definition) is 1. The van der Waals surface area contributed by atoms with Crippen molar-refractivity contribution in [3.63, 3.8) is 0 Å². The predicted molar refractivity (Wildman–Crippen MR) is 150 cm³/mol. The van der Waals surface area contributed by atoms with E-state index in [2.05, 4.69) is 41.1 Å². The largest absolute Gasteiger partial charge is 0.444 e. The van der Waals surface area contributed by atoms with Gasteiger partial charge in [0.25, 0.3) is 5.91 Å². The zero-order valence-corrected chi connectivity index (χ0v) is 23.1. The van der Waals surface area contributed by atoms with Gasteiger partial charge in [-0.05, 0) is 64.8 Å². The van der Waals surface area contributed by atoms with Crippen LogP contribution in [-0.4, -0.2) is 55.8 Å². The number of rotatable bonds is 4. The molecule has 1 aliphatic heterocycles. The number of benzene rings is 2. The van der Waals surface area contributed by atoms with E-state index >= 15 is 0 Å². The standard InChI is InChI=1S/C30H34N6O3/c1-6-36-24-12-8-7-10-19(24)16-25(36)27-33-23-15-20(14-21(17-31)26(23)34(27)5)28(37)35-13-9-11-22(18-35)32-29(38)39-30(2,3)4/h7-8,10,12,14-16,22H,6,9,11,13,18H2,1-5H3,(H,32,38). The summed E-state index contributed by atoms with van der Waals surface area (Å²) in [7, 11) is 1.90. The molecule has 3 heterocycles. The number of amides is 2. The van der Waals surface area contributed by atoms with Crippen molar-refractivity contribution >= 4 is 33.9 Å². The first kappa shape index (κ1) is 26.3. The lowest BCUT2D eigenvalue weighted by Crippen LogP contribution is -2.50. The number of carbonyl (C=O) groups excluding carboxylic acids is 2. The number of aromatic nitrogens is 3. The fourth-order valence-electron chi connectivity index (χ4n) is 5.46. The van der Waals surface area contributed by atoms with Crippen LogP contribution in [0.25, 0.3) is 33.5 Å². The highest BCUT2D eigenvalue weighted by molar-refractivity contribution is 6.00. The molecule has 2 aromatic carbocycles. The van der Waals surface area contributed by atoms with Crippen LogP contribution in [0.2, 0.25) is 0 Å². The molecule has 1 atom stereocenters. The van der Waals surface area contributed by atoms with Crippen molar-refractivity contribution < 1.29 is 14.3 Å². The van der Waals surface area contributed by atoms with Crippen molar-refractivity contribution in [1.82, 2.24) is 24.3 Å². The van der Waals surface area contributed by atoms with E-state index in [1.54, 1.807) is 17.0 Å². The summed E-state index contributed by atoms with van der Waals surface area (Å²) >= 11 is 0. The molecule has 39 heavy (non-hydrogen) atoms. The first-order chi connectivity index (χ1) is 18.6. The van der Waals surface area contributed by atoms with Gasteiger partial charge in [0.1, 0.15) is 11.7 Å². The highest BCUT2D eigenvalue weighted by Gasteiger charge is 2.28. The summed E-state index contributed by atoms with van der Waals surface area (Å²) in [4.78, 5) is 32.5. The molecule has 1 aliphatic rings. The monoisotopic (exact) mass is 526 g/mol.